The summed E-state index contributed by atoms with van der Waals surface area (Å²) in [5.74, 6) is 0. The Hall–Kier alpha value is -14.6. The number of hydrogen-bond donors (Lipinski definition) is 0. The maximum absolute atomic E-state index is 2.55. The van der Waals surface area contributed by atoms with E-state index in [4.69, 9.17) is 0 Å². The van der Waals surface area contributed by atoms with E-state index in [-0.39, 0.29) is 16.2 Å². The molecule has 0 fully saturated rings. The lowest BCUT2D eigenvalue weighted by Gasteiger charge is -2.30. The van der Waals surface area contributed by atoms with Gasteiger partial charge >= 0.3 is 0 Å². The molecular weight excluding hydrogens is 1500 g/mol. The lowest BCUT2D eigenvalue weighted by molar-refractivity contribution is 0.666. The van der Waals surface area contributed by atoms with E-state index in [2.05, 4.69) is 429 Å². The second kappa shape index (κ2) is 25.3. The van der Waals surface area contributed by atoms with Gasteiger partial charge in [0.25, 0.3) is 0 Å². The Morgan fingerprint density at radius 3 is 0.968 bits per heavy atom. The van der Waals surface area contributed by atoms with Crippen LogP contribution in [0.2, 0.25) is 0 Å². The molecule has 124 heavy (non-hydrogen) atoms. The summed E-state index contributed by atoms with van der Waals surface area (Å²) in [4.78, 5) is 0. The second-order valence-corrected chi connectivity index (χ2v) is 37.3. The van der Waals surface area contributed by atoms with E-state index in [9.17, 15) is 0 Å². The molecule has 3 nitrogen and oxygen atoms in total. The average molecular weight is 1580 g/mol. The van der Waals surface area contributed by atoms with Gasteiger partial charge in [-0.2, -0.15) is 0 Å². The van der Waals surface area contributed by atoms with E-state index in [1.54, 1.807) is 0 Å². The van der Waals surface area contributed by atoms with Crippen molar-refractivity contribution in [1.82, 2.24) is 13.7 Å². The van der Waals surface area contributed by atoms with E-state index in [0.717, 1.165) is 0 Å². The molecule has 22 aromatic carbocycles. The van der Waals surface area contributed by atoms with E-state index >= 15 is 0 Å². The van der Waals surface area contributed by atoms with Crippen LogP contribution < -0.4 is 0 Å². The molecule has 1 atom stereocenters. The van der Waals surface area contributed by atoms with Crippen molar-refractivity contribution in [3.05, 3.63) is 413 Å². The van der Waals surface area contributed by atoms with E-state index in [1.165, 1.54) is 280 Å². The second-order valence-electron chi connectivity index (χ2n) is 37.3. The molecule has 0 amide bonds. The largest absolute Gasteiger partial charge is 0.309 e. The number of aromatic nitrogens is 3. The van der Waals surface area contributed by atoms with E-state index < -0.39 is 0 Å². The summed E-state index contributed by atoms with van der Waals surface area (Å²) >= 11 is 0. The molecule has 0 spiro atoms. The van der Waals surface area contributed by atoms with Gasteiger partial charge in [0.2, 0.25) is 0 Å². The van der Waals surface area contributed by atoms with E-state index in [1.807, 2.05) is 0 Å². The molecule has 0 N–H and O–H groups in total. The standard InChI is InChI=1S/C42H27N.C40H31N.C39H29N/c1-42(28-12-4-2-5-13-28)36-18-10-8-16-30(36)34-24-26-21-23-33-39-27(20-22-32(38(26)39)40(34)42)25-35-31-17-9-11-19-37(31)43(41(33)35)29-14-6-3-7-15-29;1-22-18-23(2)38(24(3)19-22)41-34-13-9-7-11-28(34)32-21-26-14-16-29-35-25(15-17-30(36(26)35)39(32)41)20-31-27-10-6-8-12-33(27)40(4,5)37(29)31;1-22-17-23(2)19-26(18-22)40-34-12-8-6-10-28(34)32-21-25-13-15-29-35-24(14-16-30(36(25)35)38(32)40)20-31-27-9-5-7-11-33(27)39(3,4)37(29)31/h2-25H,1H3;6-21H,1-5H3;5-21H,1-4H3. The van der Waals surface area contributed by atoms with Gasteiger partial charge in [-0.05, 0) is 296 Å². The van der Waals surface area contributed by atoms with Crippen LogP contribution >= 0.6 is 0 Å². The molecule has 0 saturated carbocycles. The summed E-state index contributed by atoms with van der Waals surface area (Å²) in [7, 11) is 0. The van der Waals surface area contributed by atoms with Crippen LogP contribution in [-0.4, -0.2) is 13.7 Å². The molecule has 0 saturated heterocycles. The molecule has 28 rings (SSSR count). The molecule has 586 valence electrons. The Balaban J connectivity index is 0.0000000995. The molecule has 0 radical (unpaired) electrons. The van der Waals surface area contributed by atoms with Gasteiger partial charge in [0.1, 0.15) is 0 Å². The number of nitrogens with zero attached hydrogens (tertiary/aromatic N) is 3. The molecule has 1 unspecified atom stereocenters. The molecule has 3 heterocycles. The van der Waals surface area contributed by atoms with Crippen LogP contribution in [0.4, 0.5) is 0 Å². The van der Waals surface area contributed by atoms with Gasteiger partial charge in [-0.15, -0.1) is 0 Å². The molecule has 3 aromatic heterocycles. The predicted molar refractivity (Wildman–Crippen MR) is 530 cm³/mol. The molecular formula is C121H87N3. The fourth-order valence-electron chi connectivity index (χ4n) is 24.8. The van der Waals surface area contributed by atoms with Crippen LogP contribution in [-0.2, 0) is 16.2 Å². The zero-order chi connectivity index (χ0) is 83.0. The van der Waals surface area contributed by atoms with Gasteiger partial charge in [-0.3, -0.25) is 0 Å². The molecule has 0 aliphatic heterocycles. The molecule has 3 heteroatoms. The first-order valence-electron chi connectivity index (χ1n) is 44.1. The van der Waals surface area contributed by atoms with Crippen molar-refractivity contribution in [2.45, 2.75) is 85.5 Å². The summed E-state index contributed by atoms with van der Waals surface area (Å²) in [5.41, 5.74) is 35.7. The van der Waals surface area contributed by atoms with Crippen molar-refractivity contribution in [2.75, 3.05) is 0 Å². The Morgan fingerprint density at radius 2 is 0.524 bits per heavy atom. The molecule has 25 aromatic rings. The summed E-state index contributed by atoms with van der Waals surface area (Å²) in [6.07, 6.45) is 0. The van der Waals surface area contributed by atoms with Crippen LogP contribution in [0.25, 0.3) is 213 Å². The normalized spacial score (nSPS) is 14.9. The number of rotatable bonds is 4. The van der Waals surface area contributed by atoms with Crippen molar-refractivity contribution in [3.63, 3.8) is 0 Å². The van der Waals surface area contributed by atoms with Crippen LogP contribution in [0.3, 0.4) is 0 Å². The van der Waals surface area contributed by atoms with Crippen molar-refractivity contribution >= 4 is 162 Å². The highest BCUT2D eigenvalue weighted by atomic mass is 15.0. The molecule has 0 bridgehead atoms. The number of fused-ring (bicyclic) bond motifs is 24. The van der Waals surface area contributed by atoms with E-state index in [0.29, 0.717) is 0 Å². The number of hydrogen-bond acceptors (Lipinski definition) is 0. The SMILES string of the molecule is CC1(c2ccccc2)c2ccccc2-c2cc3ccc4c5c(ccc(c21)c35)cc1c2ccccc2n(-c2ccccc2)c14.Cc1cc(C)c(-n2c3ccccc3c3cc4ccc5c6c(cc7ccc(c4c75)c32)-c2ccccc2C6(C)C)c(C)c1.Cc1cc(C)cc(-n2c3ccccc3c3cc4ccc5c6c(cc7ccc(c4c75)c32)-c2ccccc2C6(C)C)c1. The maximum Gasteiger partial charge on any atom is 0.0620 e. The Morgan fingerprint density at radius 1 is 0.210 bits per heavy atom. The fraction of sp³-hybridized carbons (Fsp3) is 0.107. The fourth-order valence-corrected chi connectivity index (χ4v) is 24.8. The summed E-state index contributed by atoms with van der Waals surface area (Å²) in [5, 5.41) is 32.1. The first-order chi connectivity index (χ1) is 60.5. The Kier molecular flexibility index (Phi) is 14.5. The zero-order valence-electron chi connectivity index (χ0n) is 71.3. The summed E-state index contributed by atoms with van der Waals surface area (Å²) < 4.78 is 7.51. The minimum Gasteiger partial charge on any atom is -0.309 e. The summed E-state index contributed by atoms with van der Waals surface area (Å²) in [6, 6.07) is 130. The quantitative estimate of drug-likeness (QED) is 0.156. The van der Waals surface area contributed by atoms with Gasteiger partial charge in [0.15, 0.2) is 0 Å². The van der Waals surface area contributed by atoms with Crippen LogP contribution in [0.1, 0.15) is 101 Å². The van der Waals surface area contributed by atoms with Crippen LogP contribution in [0.5, 0.6) is 0 Å². The first-order valence-corrected chi connectivity index (χ1v) is 44.1. The summed E-state index contributed by atoms with van der Waals surface area (Å²) in [6.45, 7) is 23.1. The van der Waals surface area contributed by atoms with Crippen LogP contribution in [0.15, 0.2) is 346 Å². The predicted octanol–water partition coefficient (Wildman–Crippen LogP) is 32.5. The van der Waals surface area contributed by atoms with Crippen molar-refractivity contribution in [1.29, 1.82) is 0 Å². The number of aryl methyl sites for hydroxylation is 5. The Labute approximate surface area is 719 Å². The van der Waals surface area contributed by atoms with Crippen molar-refractivity contribution < 1.29 is 0 Å². The minimum absolute atomic E-state index is 0.0441. The third-order valence-electron chi connectivity index (χ3n) is 29.6. The highest BCUT2D eigenvalue weighted by Crippen LogP contribution is 2.60. The number of benzene rings is 22. The van der Waals surface area contributed by atoms with Gasteiger partial charge in [0.05, 0.1) is 38.8 Å². The minimum atomic E-state index is -0.246. The molecule has 3 aliphatic carbocycles. The lowest BCUT2D eigenvalue weighted by Crippen LogP contribution is -2.22. The smallest absolute Gasteiger partial charge is 0.0620 e. The van der Waals surface area contributed by atoms with Crippen molar-refractivity contribution in [3.8, 4) is 50.4 Å². The highest BCUT2D eigenvalue weighted by molar-refractivity contribution is 6.36. The third-order valence-corrected chi connectivity index (χ3v) is 29.6. The zero-order valence-corrected chi connectivity index (χ0v) is 71.3. The molecule has 3 aliphatic rings. The van der Waals surface area contributed by atoms with Crippen LogP contribution in [0, 0.1) is 34.6 Å². The first kappa shape index (κ1) is 71.1. The van der Waals surface area contributed by atoms with Gasteiger partial charge < -0.3 is 13.7 Å². The number of para-hydroxylation sites is 4. The maximum atomic E-state index is 2.55. The highest BCUT2D eigenvalue weighted by Gasteiger charge is 2.44. The topological polar surface area (TPSA) is 14.8 Å². The van der Waals surface area contributed by atoms with Crippen molar-refractivity contribution in [2.24, 2.45) is 0 Å². The third kappa shape index (κ3) is 9.40. The Bertz CT molecular complexity index is 8940. The average Bonchev–Trinajstić information content (AvgIpc) is 1.51. The lowest BCUT2D eigenvalue weighted by atomic mass is 9.72. The van der Waals surface area contributed by atoms with Gasteiger partial charge in [-0.25, -0.2) is 0 Å². The van der Waals surface area contributed by atoms with Gasteiger partial charge in [-0.1, -0.05) is 300 Å². The monoisotopic (exact) mass is 1580 g/mol. The van der Waals surface area contributed by atoms with Gasteiger partial charge in [0, 0.05) is 76.1 Å².